The van der Waals surface area contributed by atoms with Gasteiger partial charge in [-0.15, -0.1) is 0 Å². The van der Waals surface area contributed by atoms with Crippen molar-refractivity contribution in [1.29, 1.82) is 0 Å². The van der Waals surface area contributed by atoms with Crippen molar-refractivity contribution in [3.05, 3.63) is 0 Å². The maximum absolute atomic E-state index is 11.4. The summed E-state index contributed by atoms with van der Waals surface area (Å²) in [6, 6.07) is 0. The van der Waals surface area contributed by atoms with Gasteiger partial charge in [-0.3, -0.25) is 4.79 Å². The summed E-state index contributed by atoms with van der Waals surface area (Å²) in [5, 5.41) is 2.96. The summed E-state index contributed by atoms with van der Waals surface area (Å²) in [7, 11) is 0. The van der Waals surface area contributed by atoms with E-state index in [1.807, 2.05) is 0 Å². The quantitative estimate of drug-likeness (QED) is 0.487. The Kier molecular flexibility index (Phi) is 12.8. The van der Waals surface area contributed by atoms with Crippen molar-refractivity contribution >= 4 is 5.91 Å². The van der Waals surface area contributed by atoms with E-state index in [1.54, 1.807) is 0 Å². The van der Waals surface area contributed by atoms with Crippen LogP contribution in [0.1, 0.15) is 109 Å². The Balaban J connectivity index is 0. The monoisotopic (exact) mass is 385 g/mol. The average molecular weight is 386 g/mol. The summed E-state index contributed by atoms with van der Waals surface area (Å²) in [6.45, 7) is 28.8. The lowest BCUT2D eigenvalue weighted by Crippen LogP contribution is -2.32. The van der Waals surface area contributed by atoms with Gasteiger partial charge >= 0.3 is 0 Å². The van der Waals surface area contributed by atoms with E-state index in [-0.39, 0.29) is 16.7 Å². The smallest absolute Gasteiger partial charge is 0.220 e. The van der Waals surface area contributed by atoms with Crippen LogP contribution in [0.15, 0.2) is 0 Å². The van der Waals surface area contributed by atoms with Crippen molar-refractivity contribution in [1.82, 2.24) is 5.32 Å². The van der Waals surface area contributed by atoms with E-state index >= 15 is 0 Å². The first-order valence-electron chi connectivity index (χ1n) is 10.7. The highest BCUT2D eigenvalue weighted by Crippen LogP contribution is 2.21. The molecule has 0 radical (unpaired) electrons. The first kappa shape index (κ1) is 28.6. The van der Waals surface area contributed by atoms with Crippen molar-refractivity contribution in [3.63, 3.8) is 0 Å². The van der Waals surface area contributed by atoms with Crippen molar-refractivity contribution in [2.24, 2.45) is 21.7 Å². The Bertz CT molecular complexity index is 351. The number of rotatable bonds is 7. The predicted molar refractivity (Wildman–Crippen MR) is 120 cm³/mol. The van der Waals surface area contributed by atoms with Gasteiger partial charge in [-0.1, -0.05) is 83.1 Å². The Hall–Kier alpha value is -0.570. The zero-order valence-corrected chi connectivity index (χ0v) is 20.8. The zero-order valence-electron chi connectivity index (χ0n) is 20.8. The highest BCUT2D eigenvalue weighted by atomic mass is 16.5. The number of ether oxygens (including phenoxy) is 1. The number of hydrogen-bond donors (Lipinski definition) is 1. The lowest BCUT2D eigenvalue weighted by atomic mass is 9.90. The zero-order chi connectivity index (χ0) is 21.9. The lowest BCUT2D eigenvalue weighted by molar-refractivity contribution is -0.122. The number of nitrogens with one attached hydrogen (secondary N) is 1. The van der Waals surface area contributed by atoms with E-state index < -0.39 is 0 Å². The maximum Gasteiger partial charge on any atom is 0.220 e. The minimum Gasteiger partial charge on any atom is -0.381 e. The van der Waals surface area contributed by atoms with E-state index in [1.165, 1.54) is 12.8 Å². The molecular formula is C24H51NO2. The average Bonchev–Trinajstić information content (AvgIpc) is 2.39. The van der Waals surface area contributed by atoms with Crippen LogP contribution in [0.4, 0.5) is 0 Å². The molecule has 3 nitrogen and oxygen atoms in total. The van der Waals surface area contributed by atoms with Gasteiger partial charge in [0.25, 0.3) is 0 Å². The molecule has 164 valence electrons. The van der Waals surface area contributed by atoms with Gasteiger partial charge in [-0.05, 0) is 40.9 Å². The molecule has 0 saturated carbocycles. The van der Waals surface area contributed by atoms with Crippen molar-refractivity contribution in [2.75, 3.05) is 19.8 Å². The molecule has 0 aromatic rings. The highest BCUT2D eigenvalue weighted by Gasteiger charge is 2.15. The third-order valence-electron chi connectivity index (χ3n) is 3.67. The fourth-order valence-electron chi connectivity index (χ4n) is 2.02. The van der Waals surface area contributed by atoms with Crippen molar-refractivity contribution < 1.29 is 9.53 Å². The first-order valence-corrected chi connectivity index (χ1v) is 10.7. The van der Waals surface area contributed by atoms with Crippen LogP contribution in [0, 0.1) is 21.7 Å². The summed E-state index contributed by atoms with van der Waals surface area (Å²) in [5.41, 5.74) is 1.18. The van der Waals surface area contributed by atoms with Crippen LogP contribution in [0.5, 0.6) is 0 Å². The van der Waals surface area contributed by atoms with Gasteiger partial charge in [0.05, 0.1) is 6.61 Å². The Labute approximate surface area is 171 Å². The summed E-state index contributed by atoms with van der Waals surface area (Å²) in [6.07, 6.45) is 4.01. The van der Waals surface area contributed by atoms with E-state index in [9.17, 15) is 4.79 Å². The number of carbonyl (C=O) groups excluding carboxylic acids is 1. The van der Waals surface area contributed by atoms with Crippen LogP contribution in [-0.4, -0.2) is 25.7 Å². The van der Waals surface area contributed by atoms with Crippen LogP contribution >= 0.6 is 0 Å². The van der Waals surface area contributed by atoms with E-state index in [0.29, 0.717) is 17.3 Å². The van der Waals surface area contributed by atoms with Gasteiger partial charge < -0.3 is 10.1 Å². The normalized spacial score (nSPS) is 13.0. The van der Waals surface area contributed by atoms with Crippen molar-refractivity contribution in [2.45, 2.75) is 109 Å². The molecule has 0 aliphatic heterocycles. The van der Waals surface area contributed by atoms with Crippen LogP contribution < -0.4 is 5.32 Å². The summed E-state index contributed by atoms with van der Waals surface area (Å²) < 4.78 is 5.59. The Morgan fingerprint density at radius 2 is 1.19 bits per heavy atom. The maximum atomic E-state index is 11.4. The fourth-order valence-corrected chi connectivity index (χ4v) is 2.02. The molecule has 0 aliphatic carbocycles. The molecule has 0 atom stereocenters. The minimum absolute atomic E-state index is 0.176. The second-order valence-electron chi connectivity index (χ2n) is 12.7. The van der Waals surface area contributed by atoms with Gasteiger partial charge in [0.2, 0.25) is 5.91 Å². The first-order chi connectivity index (χ1) is 11.8. The van der Waals surface area contributed by atoms with Gasteiger partial charge in [0.1, 0.15) is 0 Å². The molecule has 0 bridgehead atoms. The number of amides is 1. The van der Waals surface area contributed by atoms with Gasteiger partial charge in [-0.25, -0.2) is 0 Å². The molecule has 1 amide bonds. The van der Waals surface area contributed by atoms with Gasteiger partial charge in [0.15, 0.2) is 0 Å². The summed E-state index contributed by atoms with van der Waals surface area (Å²) >= 11 is 0. The predicted octanol–water partition coefficient (Wildman–Crippen LogP) is 6.85. The minimum atomic E-state index is 0.176. The molecule has 27 heavy (non-hydrogen) atoms. The molecular weight excluding hydrogens is 334 g/mol. The molecule has 0 rings (SSSR count). The van der Waals surface area contributed by atoms with Gasteiger partial charge in [-0.2, -0.15) is 0 Å². The lowest BCUT2D eigenvalue weighted by Gasteiger charge is -2.20. The number of hydrogen-bond acceptors (Lipinski definition) is 2. The van der Waals surface area contributed by atoms with Crippen LogP contribution in [0.25, 0.3) is 0 Å². The standard InChI is InChI=1S/C12H25NO.C12H26O/c1-11(2,3)8-7-10(14)13-9-12(4,5)6;1-11(2,3)8-7-9-13-10-12(4,5)6/h7-9H2,1-6H3,(H,13,14);7-10H2,1-6H3. The van der Waals surface area contributed by atoms with Gasteiger partial charge in [0, 0.05) is 19.6 Å². The third-order valence-corrected chi connectivity index (χ3v) is 3.67. The molecule has 1 N–H and O–H groups in total. The molecule has 0 unspecified atom stereocenters. The van der Waals surface area contributed by atoms with E-state index in [0.717, 1.165) is 26.2 Å². The van der Waals surface area contributed by atoms with Crippen LogP contribution in [-0.2, 0) is 9.53 Å². The molecule has 3 heteroatoms. The van der Waals surface area contributed by atoms with Crippen molar-refractivity contribution in [3.8, 4) is 0 Å². The number of carbonyl (C=O) groups is 1. The van der Waals surface area contributed by atoms with Crippen LogP contribution in [0.3, 0.4) is 0 Å². The molecule has 0 aromatic heterocycles. The van der Waals surface area contributed by atoms with E-state index in [4.69, 9.17) is 4.74 Å². The van der Waals surface area contributed by atoms with E-state index in [2.05, 4.69) is 88.4 Å². The summed E-state index contributed by atoms with van der Waals surface area (Å²) in [4.78, 5) is 11.4. The summed E-state index contributed by atoms with van der Waals surface area (Å²) in [5.74, 6) is 0.176. The molecule has 0 aromatic carbocycles. The third kappa shape index (κ3) is 30.4. The highest BCUT2D eigenvalue weighted by molar-refractivity contribution is 5.75. The largest absolute Gasteiger partial charge is 0.381 e. The second-order valence-corrected chi connectivity index (χ2v) is 12.7. The second kappa shape index (κ2) is 12.1. The molecule has 0 fully saturated rings. The Morgan fingerprint density at radius 1 is 0.704 bits per heavy atom. The topological polar surface area (TPSA) is 38.3 Å². The molecule has 0 saturated heterocycles. The van der Waals surface area contributed by atoms with Crippen LogP contribution in [0.2, 0.25) is 0 Å². The molecule has 0 spiro atoms. The molecule has 0 aliphatic rings. The molecule has 0 heterocycles. The Morgan fingerprint density at radius 3 is 1.56 bits per heavy atom. The fraction of sp³-hybridized carbons (Fsp3) is 0.958. The SMILES string of the molecule is CC(C)(C)CCC(=O)NCC(C)(C)C.CC(C)(C)CCCOCC(C)(C)C.